The van der Waals surface area contributed by atoms with Crippen molar-refractivity contribution in [3.05, 3.63) is 35.4 Å². The highest BCUT2D eigenvalue weighted by molar-refractivity contribution is 5.75. The number of unbranched alkanes of at least 4 members (excludes halogenated alkanes) is 1. The van der Waals surface area contributed by atoms with E-state index in [0.717, 1.165) is 19.3 Å². The third-order valence-corrected chi connectivity index (χ3v) is 2.36. The van der Waals surface area contributed by atoms with E-state index in [9.17, 15) is 4.79 Å². The Morgan fingerprint density at radius 3 is 2.87 bits per heavy atom. The summed E-state index contributed by atoms with van der Waals surface area (Å²) < 4.78 is 0. The summed E-state index contributed by atoms with van der Waals surface area (Å²) in [7, 11) is 0. The second kappa shape index (κ2) is 6.19. The molecule has 0 aliphatic carbocycles. The lowest BCUT2D eigenvalue weighted by Gasteiger charge is -2.02. The Bertz CT molecular complexity index is 323. The van der Waals surface area contributed by atoms with Gasteiger partial charge in [0.05, 0.1) is 0 Å². The minimum atomic E-state index is -0.0840. The Morgan fingerprint density at radius 2 is 2.20 bits per heavy atom. The molecule has 1 aromatic carbocycles. The number of nitrogens with one attached hydrogen (secondary N) is 1. The molecule has 3 nitrogen and oxygen atoms in total. The van der Waals surface area contributed by atoms with Crippen molar-refractivity contribution in [1.29, 1.82) is 0 Å². The van der Waals surface area contributed by atoms with Crippen molar-refractivity contribution in [2.45, 2.75) is 32.6 Å². The van der Waals surface area contributed by atoms with Gasteiger partial charge in [-0.3, -0.25) is 10.2 Å². The molecule has 0 spiro atoms. The summed E-state index contributed by atoms with van der Waals surface area (Å²) in [6, 6.07) is 8.46. The number of carbonyl (C=O) groups excluding carboxylic acids is 1. The van der Waals surface area contributed by atoms with E-state index in [0.29, 0.717) is 6.42 Å². The molecule has 0 aromatic heterocycles. The van der Waals surface area contributed by atoms with Crippen LogP contribution in [0.3, 0.4) is 0 Å². The van der Waals surface area contributed by atoms with Crippen molar-refractivity contribution >= 4 is 5.91 Å². The van der Waals surface area contributed by atoms with Crippen molar-refractivity contribution in [3.8, 4) is 0 Å². The smallest absolute Gasteiger partial charge is 0.233 e. The largest absolute Gasteiger partial charge is 0.294 e. The second-order valence-corrected chi connectivity index (χ2v) is 3.76. The SMILES string of the molecule is Cc1cccc(CCCCC(=O)NN)c1. The Hall–Kier alpha value is -1.35. The van der Waals surface area contributed by atoms with E-state index >= 15 is 0 Å². The van der Waals surface area contributed by atoms with E-state index in [-0.39, 0.29) is 5.91 Å². The maximum absolute atomic E-state index is 10.8. The molecule has 0 aliphatic rings. The lowest BCUT2D eigenvalue weighted by Crippen LogP contribution is -2.29. The van der Waals surface area contributed by atoms with Crippen molar-refractivity contribution in [2.24, 2.45) is 5.84 Å². The minimum Gasteiger partial charge on any atom is -0.294 e. The van der Waals surface area contributed by atoms with Gasteiger partial charge in [0.25, 0.3) is 0 Å². The molecule has 0 saturated heterocycles. The van der Waals surface area contributed by atoms with Crippen LogP contribution in [0.2, 0.25) is 0 Å². The van der Waals surface area contributed by atoms with Gasteiger partial charge in [-0.2, -0.15) is 0 Å². The van der Waals surface area contributed by atoms with Crippen LogP contribution in [-0.4, -0.2) is 5.91 Å². The Kier molecular flexibility index (Phi) is 4.84. The molecule has 0 atom stereocenters. The first kappa shape index (κ1) is 11.7. The van der Waals surface area contributed by atoms with Crippen molar-refractivity contribution in [1.82, 2.24) is 5.43 Å². The summed E-state index contributed by atoms with van der Waals surface area (Å²) in [6.07, 6.45) is 3.45. The van der Waals surface area contributed by atoms with Crippen LogP contribution >= 0.6 is 0 Å². The van der Waals surface area contributed by atoms with Crippen molar-refractivity contribution in [2.75, 3.05) is 0 Å². The summed E-state index contributed by atoms with van der Waals surface area (Å²) in [4.78, 5) is 10.8. The third-order valence-electron chi connectivity index (χ3n) is 2.36. The van der Waals surface area contributed by atoms with E-state index in [4.69, 9.17) is 5.84 Å². The molecule has 3 N–H and O–H groups in total. The van der Waals surface area contributed by atoms with Gasteiger partial charge in [0.1, 0.15) is 0 Å². The number of hydrazine groups is 1. The number of aryl methyl sites for hydroxylation is 2. The summed E-state index contributed by atoms with van der Waals surface area (Å²) in [5.41, 5.74) is 4.75. The molecular weight excluding hydrogens is 188 g/mol. The molecule has 1 aromatic rings. The van der Waals surface area contributed by atoms with Crippen LogP contribution in [0.15, 0.2) is 24.3 Å². The van der Waals surface area contributed by atoms with Gasteiger partial charge in [0.2, 0.25) is 5.91 Å². The zero-order valence-electron chi connectivity index (χ0n) is 9.12. The number of hydrogen-bond acceptors (Lipinski definition) is 2. The molecule has 0 fully saturated rings. The normalized spacial score (nSPS) is 10.0. The van der Waals surface area contributed by atoms with Crippen LogP contribution in [0.25, 0.3) is 0 Å². The number of rotatable bonds is 5. The molecule has 0 unspecified atom stereocenters. The van der Waals surface area contributed by atoms with Crippen LogP contribution in [-0.2, 0) is 11.2 Å². The molecule has 0 aliphatic heterocycles. The predicted octanol–water partition coefficient (Wildman–Crippen LogP) is 1.70. The monoisotopic (exact) mass is 206 g/mol. The van der Waals surface area contributed by atoms with Crippen LogP contribution < -0.4 is 11.3 Å². The third kappa shape index (κ3) is 4.61. The average Bonchev–Trinajstić information content (AvgIpc) is 2.24. The van der Waals surface area contributed by atoms with E-state index in [2.05, 4.69) is 36.6 Å². The fraction of sp³-hybridized carbons (Fsp3) is 0.417. The summed E-state index contributed by atoms with van der Waals surface area (Å²) >= 11 is 0. The molecule has 1 amide bonds. The maximum Gasteiger partial charge on any atom is 0.233 e. The van der Waals surface area contributed by atoms with E-state index in [1.165, 1.54) is 11.1 Å². The lowest BCUT2D eigenvalue weighted by atomic mass is 10.1. The van der Waals surface area contributed by atoms with E-state index in [1.54, 1.807) is 0 Å². The predicted molar refractivity (Wildman–Crippen MR) is 61.1 cm³/mol. The molecule has 82 valence electrons. The van der Waals surface area contributed by atoms with Gasteiger partial charge in [0.15, 0.2) is 0 Å². The van der Waals surface area contributed by atoms with Crippen LogP contribution in [0.1, 0.15) is 30.4 Å². The first-order valence-electron chi connectivity index (χ1n) is 5.27. The minimum absolute atomic E-state index is 0.0840. The first-order chi connectivity index (χ1) is 7.22. The zero-order valence-corrected chi connectivity index (χ0v) is 9.12. The fourth-order valence-corrected chi connectivity index (χ4v) is 1.55. The highest BCUT2D eigenvalue weighted by Crippen LogP contribution is 2.08. The number of benzene rings is 1. The molecule has 0 saturated carbocycles. The van der Waals surface area contributed by atoms with Gasteiger partial charge in [-0.05, 0) is 31.7 Å². The molecule has 3 heteroatoms. The zero-order chi connectivity index (χ0) is 11.1. The Labute approximate surface area is 90.6 Å². The molecular formula is C12H18N2O. The van der Waals surface area contributed by atoms with Crippen LogP contribution in [0.4, 0.5) is 0 Å². The van der Waals surface area contributed by atoms with Crippen LogP contribution in [0, 0.1) is 6.92 Å². The maximum atomic E-state index is 10.8. The molecule has 0 heterocycles. The standard InChI is InChI=1S/C12H18N2O/c1-10-5-4-7-11(9-10)6-2-3-8-12(15)14-13/h4-5,7,9H,2-3,6,8,13H2,1H3,(H,14,15). The fourth-order valence-electron chi connectivity index (χ4n) is 1.55. The number of amides is 1. The van der Waals surface area contributed by atoms with Crippen LogP contribution in [0.5, 0.6) is 0 Å². The van der Waals surface area contributed by atoms with Gasteiger partial charge in [-0.15, -0.1) is 0 Å². The lowest BCUT2D eigenvalue weighted by molar-refractivity contribution is -0.121. The molecule has 0 radical (unpaired) electrons. The number of nitrogens with two attached hydrogens (primary N) is 1. The van der Waals surface area contributed by atoms with E-state index in [1.807, 2.05) is 0 Å². The first-order valence-corrected chi connectivity index (χ1v) is 5.27. The van der Waals surface area contributed by atoms with E-state index < -0.39 is 0 Å². The highest BCUT2D eigenvalue weighted by Gasteiger charge is 1.98. The summed E-state index contributed by atoms with van der Waals surface area (Å²) in [5, 5.41) is 0. The quantitative estimate of drug-likeness (QED) is 0.333. The second-order valence-electron chi connectivity index (χ2n) is 3.76. The highest BCUT2D eigenvalue weighted by atomic mass is 16.2. The number of carbonyl (C=O) groups is 1. The van der Waals surface area contributed by atoms with Crippen molar-refractivity contribution in [3.63, 3.8) is 0 Å². The number of hydrogen-bond donors (Lipinski definition) is 2. The van der Waals surface area contributed by atoms with Gasteiger partial charge in [-0.25, -0.2) is 5.84 Å². The topological polar surface area (TPSA) is 55.1 Å². The molecule has 0 bridgehead atoms. The van der Waals surface area contributed by atoms with Gasteiger partial charge < -0.3 is 0 Å². The van der Waals surface area contributed by atoms with Gasteiger partial charge >= 0.3 is 0 Å². The summed E-state index contributed by atoms with van der Waals surface area (Å²) in [5.74, 6) is 4.90. The van der Waals surface area contributed by atoms with Gasteiger partial charge in [0, 0.05) is 6.42 Å². The van der Waals surface area contributed by atoms with Gasteiger partial charge in [-0.1, -0.05) is 29.8 Å². The summed E-state index contributed by atoms with van der Waals surface area (Å²) in [6.45, 7) is 2.09. The Morgan fingerprint density at radius 1 is 1.40 bits per heavy atom. The van der Waals surface area contributed by atoms with Crippen molar-refractivity contribution < 1.29 is 4.79 Å². The molecule has 1 rings (SSSR count). The molecule has 15 heavy (non-hydrogen) atoms. The Balaban J connectivity index is 2.23. The average molecular weight is 206 g/mol.